The van der Waals surface area contributed by atoms with Gasteiger partial charge in [-0.1, -0.05) is 12.6 Å². The number of rotatable bonds is 4. The van der Waals surface area contributed by atoms with E-state index in [0.717, 1.165) is 41.5 Å². The van der Waals surface area contributed by atoms with Crippen LogP contribution in [0, 0.1) is 5.92 Å². The Labute approximate surface area is 152 Å². The number of hydrogen-bond donors (Lipinski definition) is 3. The predicted octanol–water partition coefficient (Wildman–Crippen LogP) is 3.17. The molecule has 0 aliphatic carbocycles. The van der Waals surface area contributed by atoms with Crippen LogP contribution in [-0.2, 0) is 0 Å². The largest absolute Gasteiger partial charge is 0.385 e. The van der Waals surface area contributed by atoms with Crippen molar-refractivity contribution in [3.05, 3.63) is 54.4 Å². The van der Waals surface area contributed by atoms with Gasteiger partial charge >= 0.3 is 0 Å². The lowest BCUT2D eigenvalue weighted by Gasteiger charge is -2.24. The molecule has 1 amide bonds. The predicted molar refractivity (Wildman–Crippen MR) is 103 cm³/mol. The van der Waals surface area contributed by atoms with Crippen LogP contribution in [0.3, 0.4) is 0 Å². The second-order valence-electron chi connectivity index (χ2n) is 6.53. The second-order valence-corrected chi connectivity index (χ2v) is 7.54. The van der Waals surface area contributed by atoms with Gasteiger partial charge in [-0.2, -0.15) is 0 Å². The molecule has 0 spiro atoms. The zero-order valence-electron chi connectivity index (χ0n) is 14.0. The van der Waals surface area contributed by atoms with Crippen molar-refractivity contribution < 1.29 is 4.79 Å². The molecule has 0 bridgehead atoms. The molecule has 2 aromatic rings. The summed E-state index contributed by atoms with van der Waals surface area (Å²) < 4.78 is 1.89. The van der Waals surface area contributed by atoms with E-state index < -0.39 is 0 Å². The van der Waals surface area contributed by atoms with Gasteiger partial charge < -0.3 is 16.0 Å². The third-order valence-electron chi connectivity index (χ3n) is 4.78. The molecule has 0 atom stereocenters. The Balaban J connectivity index is 1.48. The van der Waals surface area contributed by atoms with E-state index in [9.17, 15) is 4.79 Å². The van der Waals surface area contributed by atoms with Gasteiger partial charge in [0, 0.05) is 18.4 Å². The number of amides is 1. The van der Waals surface area contributed by atoms with Crippen molar-refractivity contribution in [3.8, 4) is 0 Å². The Kier molecular flexibility index (Phi) is 4.55. The quantitative estimate of drug-likeness (QED) is 0.789. The lowest BCUT2D eigenvalue weighted by atomic mass is 9.98. The molecule has 1 aromatic heterocycles. The van der Waals surface area contributed by atoms with Crippen molar-refractivity contribution in [2.24, 2.45) is 5.92 Å². The Morgan fingerprint density at radius 2 is 2.16 bits per heavy atom. The number of aromatic nitrogens is 1. The van der Waals surface area contributed by atoms with E-state index in [1.54, 1.807) is 11.9 Å². The summed E-state index contributed by atoms with van der Waals surface area (Å²) in [6, 6.07) is 9.82. The average molecular weight is 354 g/mol. The molecule has 6 heteroatoms. The van der Waals surface area contributed by atoms with E-state index in [-0.39, 0.29) is 5.91 Å². The van der Waals surface area contributed by atoms with Gasteiger partial charge in [0.1, 0.15) is 5.69 Å². The van der Waals surface area contributed by atoms with Crippen molar-refractivity contribution in [2.45, 2.75) is 17.7 Å². The standard InChI is InChI=1S/C19H22N4OS/c1-13(21-12-14-6-8-20-9-7-14)15-4-5-18-16(11-15)22-19(24)17-3-2-10-23(17)25-18/h2-5,10-11,14,20-21H,1,6-9,12H2,(H,22,24). The first kappa shape index (κ1) is 16.3. The molecule has 2 aliphatic rings. The maximum Gasteiger partial charge on any atom is 0.273 e. The first-order chi connectivity index (χ1) is 12.2. The van der Waals surface area contributed by atoms with Crippen LogP contribution in [0.1, 0.15) is 28.9 Å². The molecular weight excluding hydrogens is 332 g/mol. The first-order valence-electron chi connectivity index (χ1n) is 8.65. The fourth-order valence-electron chi connectivity index (χ4n) is 3.26. The van der Waals surface area contributed by atoms with Crippen molar-refractivity contribution in [2.75, 3.05) is 25.0 Å². The number of piperidine rings is 1. The van der Waals surface area contributed by atoms with E-state index in [1.807, 2.05) is 34.4 Å². The number of fused-ring (bicyclic) bond motifs is 2. The number of hydrogen-bond acceptors (Lipinski definition) is 4. The Morgan fingerprint density at radius 3 is 3.00 bits per heavy atom. The minimum Gasteiger partial charge on any atom is -0.385 e. The van der Waals surface area contributed by atoms with Crippen LogP contribution in [0.4, 0.5) is 5.69 Å². The highest BCUT2D eigenvalue weighted by Gasteiger charge is 2.20. The summed E-state index contributed by atoms with van der Waals surface area (Å²) in [6.45, 7) is 7.33. The van der Waals surface area contributed by atoms with Gasteiger partial charge in [0.05, 0.1) is 10.6 Å². The molecule has 3 heterocycles. The highest BCUT2D eigenvalue weighted by atomic mass is 32.2. The molecule has 130 valence electrons. The molecule has 1 fully saturated rings. The monoisotopic (exact) mass is 354 g/mol. The van der Waals surface area contributed by atoms with Crippen LogP contribution < -0.4 is 16.0 Å². The summed E-state index contributed by atoms with van der Waals surface area (Å²) in [5.41, 5.74) is 3.41. The fourth-order valence-corrected chi connectivity index (χ4v) is 4.19. The zero-order valence-corrected chi connectivity index (χ0v) is 14.9. The van der Waals surface area contributed by atoms with E-state index in [0.29, 0.717) is 11.6 Å². The van der Waals surface area contributed by atoms with Crippen molar-refractivity contribution in [1.29, 1.82) is 0 Å². The van der Waals surface area contributed by atoms with Gasteiger partial charge in [0.15, 0.2) is 0 Å². The molecule has 2 aliphatic heterocycles. The summed E-state index contributed by atoms with van der Waals surface area (Å²) in [6.07, 6.45) is 4.31. The second kappa shape index (κ2) is 6.98. The molecule has 5 nitrogen and oxygen atoms in total. The molecule has 25 heavy (non-hydrogen) atoms. The maximum absolute atomic E-state index is 12.4. The molecule has 1 aromatic carbocycles. The number of benzene rings is 1. The van der Waals surface area contributed by atoms with Crippen LogP contribution in [0.25, 0.3) is 5.70 Å². The topological polar surface area (TPSA) is 58.1 Å². The highest BCUT2D eigenvalue weighted by molar-refractivity contribution is 7.98. The molecule has 4 rings (SSSR count). The normalized spacial score (nSPS) is 17.2. The van der Waals surface area contributed by atoms with E-state index >= 15 is 0 Å². The number of anilines is 1. The molecule has 0 unspecified atom stereocenters. The van der Waals surface area contributed by atoms with Gasteiger partial charge in [-0.05, 0) is 73.6 Å². The number of nitrogens with one attached hydrogen (secondary N) is 3. The average Bonchev–Trinajstić information content (AvgIpc) is 3.05. The van der Waals surface area contributed by atoms with Gasteiger partial charge in [0.25, 0.3) is 5.91 Å². The summed E-state index contributed by atoms with van der Waals surface area (Å²) in [5, 5.41) is 9.86. The number of nitrogens with zero attached hydrogens (tertiary/aromatic N) is 1. The highest BCUT2D eigenvalue weighted by Crippen LogP contribution is 2.34. The van der Waals surface area contributed by atoms with Crippen LogP contribution in [-0.4, -0.2) is 29.5 Å². The molecule has 1 saturated heterocycles. The van der Waals surface area contributed by atoms with Crippen LogP contribution >= 0.6 is 11.9 Å². The summed E-state index contributed by atoms with van der Waals surface area (Å²) in [7, 11) is 0. The van der Waals surface area contributed by atoms with Gasteiger partial charge in [-0.25, -0.2) is 0 Å². The summed E-state index contributed by atoms with van der Waals surface area (Å²) in [4.78, 5) is 13.4. The van der Waals surface area contributed by atoms with E-state index in [2.05, 4.69) is 28.6 Å². The number of carbonyl (C=O) groups excluding carboxylic acids is 1. The lowest BCUT2D eigenvalue weighted by molar-refractivity contribution is 0.102. The molecule has 0 saturated carbocycles. The lowest BCUT2D eigenvalue weighted by Crippen LogP contribution is -2.33. The Morgan fingerprint density at radius 1 is 1.32 bits per heavy atom. The summed E-state index contributed by atoms with van der Waals surface area (Å²) >= 11 is 1.55. The Hall–Kier alpha value is -2.18. The van der Waals surface area contributed by atoms with Gasteiger partial charge in [-0.15, -0.1) is 0 Å². The molecule has 3 N–H and O–H groups in total. The van der Waals surface area contributed by atoms with E-state index in [1.165, 1.54) is 12.8 Å². The molecular formula is C19H22N4OS. The zero-order chi connectivity index (χ0) is 17.2. The third kappa shape index (κ3) is 3.45. The maximum atomic E-state index is 12.4. The SMILES string of the molecule is C=C(NCC1CCNCC1)c1ccc2c(c1)NC(=O)c1cccn1S2. The fraction of sp³-hybridized carbons (Fsp3) is 0.316. The van der Waals surface area contributed by atoms with Crippen molar-refractivity contribution in [3.63, 3.8) is 0 Å². The third-order valence-corrected chi connectivity index (χ3v) is 5.85. The minimum absolute atomic E-state index is 0.0818. The van der Waals surface area contributed by atoms with Crippen molar-refractivity contribution in [1.82, 2.24) is 14.6 Å². The van der Waals surface area contributed by atoms with Gasteiger partial charge in [0.2, 0.25) is 0 Å². The van der Waals surface area contributed by atoms with Crippen molar-refractivity contribution >= 4 is 29.2 Å². The number of carbonyl (C=O) groups is 1. The van der Waals surface area contributed by atoms with Crippen LogP contribution in [0.2, 0.25) is 0 Å². The molecule has 0 radical (unpaired) electrons. The summed E-state index contributed by atoms with van der Waals surface area (Å²) in [5.74, 6) is 0.613. The minimum atomic E-state index is -0.0818. The van der Waals surface area contributed by atoms with E-state index in [4.69, 9.17) is 0 Å². The van der Waals surface area contributed by atoms with Gasteiger partial charge in [-0.3, -0.25) is 8.77 Å². The van der Waals surface area contributed by atoms with Crippen LogP contribution in [0.15, 0.2) is 48.0 Å². The smallest absolute Gasteiger partial charge is 0.273 e. The first-order valence-corrected chi connectivity index (χ1v) is 9.43. The van der Waals surface area contributed by atoms with Crippen LogP contribution in [0.5, 0.6) is 0 Å². The Bertz CT molecular complexity index is 808.